The van der Waals surface area contributed by atoms with Crippen LogP contribution in [0.2, 0.25) is 0 Å². The lowest BCUT2D eigenvalue weighted by atomic mass is 9.88. The molecule has 0 aromatic carbocycles. The number of hydrogen-bond donors (Lipinski definition) is 2. The molecule has 4 heteroatoms. The zero-order valence-electron chi connectivity index (χ0n) is 8.77. The number of hydrogen-bond acceptors (Lipinski definition) is 4. The fraction of sp³-hybridized carbons (Fsp3) is 0.727. The standard InChI is InChI=1S/C11H16O4/c1-2-6-3-9-10(7(6)4-12)8(5-13)11(14)15-9/h8-10,12-13H,2-5H2,1H3/t8-,9-,10-/m0/s1. The number of aliphatic hydroxyl groups is 2. The van der Waals surface area contributed by atoms with Crippen molar-refractivity contribution in [3.8, 4) is 0 Å². The fourth-order valence-electron chi connectivity index (χ4n) is 2.74. The van der Waals surface area contributed by atoms with Gasteiger partial charge in [0.25, 0.3) is 0 Å². The molecular weight excluding hydrogens is 196 g/mol. The van der Waals surface area contributed by atoms with Crippen LogP contribution in [0.1, 0.15) is 19.8 Å². The molecule has 1 heterocycles. The van der Waals surface area contributed by atoms with E-state index in [-0.39, 0.29) is 31.2 Å². The summed E-state index contributed by atoms with van der Waals surface area (Å²) in [4.78, 5) is 11.4. The highest BCUT2D eigenvalue weighted by atomic mass is 16.6. The number of aliphatic hydroxyl groups excluding tert-OH is 2. The Morgan fingerprint density at radius 3 is 2.73 bits per heavy atom. The third-order valence-corrected chi connectivity index (χ3v) is 3.50. The summed E-state index contributed by atoms with van der Waals surface area (Å²) in [6.45, 7) is 1.81. The van der Waals surface area contributed by atoms with Crippen molar-refractivity contribution in [3.05, 3.63) is 11.1 Å². The van der Waals surface area contributed by atoms with Gasteiger partial charge in [-0.25, -0.2) is 0 Å². The van der Waals surface area contributed by atoms with E-state index < -0.39 is 5.92 Å². The lowest BCUT2D eigenvalue weighted by molar-refractivity contribution is -0.145. The largest absolute Gasteiger partial charge is 0.461 e. The van der Waals surface area contributed by atoms with Gasteiger partial charge in [0, 0.05) is 12.3 Å². The molecule has 2 rings (SSSR count). The third kappa shape index (κ3) is 1.48. The van der Waals surface area contributed by atoms with Gasteiger partial charge in [0.15, 0.2) is 0 Å². The molecule has 84 valence electrons. The number of ether oxygens (including phenoxy) is 1. The minimum Gasteiger partial charge on any atom is -0.461 e. The first-order chi connectivity index (χ1) is 7.22. The number of carbonyl (C=O) groups excluding carboxylic acids is 1. The van der Waals surface area contributed by atoms with Crippen LogP contribution in [0.4, 0.5) is 0 Å². The smallest absolute Gasteiger partial charge is 0.312 e. The maximum absolute atomic E-state index is 11.4. The maximum Gasteiger partial charge on any atom is 0.312 e. The minimum atomic E-state index is -0.471. The molecule has 1 aliphatic carbocycles. The van der Waals surface area contributed by atoms with Crippen LogP contribution >= 0.6 is 0 Å². The molecule has 2 N–H and O–H groups in total. The molecule has 0 aromatic rings. The van der Waals surface area contributed by atoms with Crippen molar-refractivity contribution in [3.63, 3.8) is 0 Å². The lowest BCUT2D eigenvalue weighted by Crippen LogP contribution is -2.23. The molecular formula is C11H16O4. The Morgan fingerprint density at radius 2 is 2.20 bits per heavy atom. The second kappa shape index (κ2) is 3.94. The Labute approximate surface area is 88.6 Å². The molecule has 1 fully saturated rings. The summed E-state index contributed by atoms with van der Waals surface area (Å²) in [6, 6.07) is 0. The van der Waals surface area contributed by atoms with E-state index in [4.69, 9.17) is 9.84 Å². The molecule has 1 saturated heterocycles. The van der Waals surface area contributed by atoms with Gasteiger partial charge >= 0.3 is 5.97 Å². The molecule has 1 aliphatic heterocycles. The molecule has 15 heavy (non-hydrogen) atoms. The summed E-state index contributed by atoms with van der Waals surface area (Å²) >= 11 is 0. The van der Waals surface area contributed by atoms with Crippen LogP contribution < -0.4 is 0 Å². The summed E-state index contributed by atoms with van der Waals surface area (Å²) in [7, 11) is 0. The van der Waals surface area contributed by atoms with E-state index in [0.717, 1.165) is 18.4 Å². The van der Waals surface area contributed by atoms with E-state index in [1.54, 1.807) is 0 Å². The zero-order valence-corrected chi connectivity index (χ0v) is 8.77. The van der Waals surface area contributed by atoms with Crippen LogP contribution in [0, 0.1) is 11.8 Å². The van der Waals surface area contributed by atoms with E-state index >= 15 is 0 Å². The molecule has 0 radical (unpaired) electrons. The summed E-state index contributed by atoms with van der Waals surface area (Å²) in [5.74, 6) is -0.891. The average Bonchev–Trinajstić information content (AvgIpc) is 2.71. The maximum atomic E-state index is 11.4. The van der Waals surface area contributed by atoms with Crippen LogP contribution in [0.3, 0.4) is 0 Å². The number of carbonyl (C=O) groups is 1. The summed E-state index contributed by atoms with van der Waals surface area (Å²) in [5.41, 5.74) is 2.09. The molecule has 0 amide bonds. The Balaban J connectivity index is 2.29. The monoisotopic (exact) mass is 212 g/mol. The Kier molecular flexibility index (Phi) is 2.80. The van der Waals surface area contributed by atoms with Gasteiger partial charge in [-0.15, -0.1) is 0 Å². The highest BCUT2D eigenvalue weighted by Crippen LogP contribution is 2.44. The van der Waals surface area contributed by atoms with Gasteiger partial charge in [-0.1, -0.05) is 12.5 Å². The molecule has 2 aliphatic rings. The quantitative estimate of drug-likeness (QED) is 0.519. The van der Waals surface area contributed by atoms with Crippen molar-refractivity contribution < 1.29 is 19.7 Å². The van der Waals surface area contributed by atoms with E-state index in [0.29, 0.717) is 0 Å². The second-order valence-corrected chi connectivity index (χ2v) is 4.13. The van der Waals surface area contributed by atoms with Gasteiger partial charge in [-0.05, 0) is 12.0 Å². The average molecular weight is 212 g/mol. The molecule has 0 bridgehead atoms. The zero-order chi connectivity index (χ0) is 11.0. The van der Waals surface area contributed by atoms with Crippen LogP contribution in [-0.4, -0.2) is 35.5 Å². The molecule has 0 spiro atoms. The Morgan fingerprint density at radius 1 is 1.47 bits per heavy atom. The van der Waals surface area contributed by atoms with Crippen molar-refractivity contribution in [2.45, 2.75) is 25.9 Å². The van der Waals surface area contributed by atoms with Gasteiger partial charge in [0.2, 0.25) is 0 Å². The second-order valence-electron chi connectivity index (χ2n) is 4.13. The first-order valence-corrected chi connectivity index (χ1v) is 5.35. The molecule has 0 unspecified atom stereocenters. The van der Waals surface area contributed by atoms with Crippen LogP contribution in [0.25, 0.3) is 0 Å². The van der Waals surface area contributed by atoms with Crippen molar-refractivity contribution in [1.29, 1.82) is 0 Å². The summed E-state index contributed by atoms with van der Waals surface area (Å²) in [5, 5.41) is 18.5. The normalized spacial score (nSPS) is 34.6. The SMILES string of the molecule is CCC1=C(CO)[C@@H]2[C@H](C1)OC(=O)[C@H]2CO. The number of esters is 1. The summed E-state index contributed by atoms with van der Waals surface area (Å²) in [6.07, 6.45) is 1.45. The molecule has 0 aromatic heterocycles. The van der Waals surface area contributed by atoms with Crippen molar-refractivity contribution in [2.75, 3.05) is 13.2 Å². The first kappa shape index (κ1) is 10.6. The fourth-order valence-corrected chi connectivity index (χ4v) is 2.74. The number of rotatable bonds is 3. The van der Waals surface area contributed by atoms with E-state index in [2.05, 4.69) is 0 Å². The summed E-state index contributed by atoms with van der Waals surface area (Å²) < 4.78 is 5.20. The predicted octanol–water partition coefficient (Wildman–Crippen LogP) is 0.239. The van der Waals surface area contributed by atoms with Gasteiger partial charge in [-0.2, -0.15) is 0 Å². The van der Waals surface area contributed by atoms with E-state index in [1.165, 1.54) is 5.57 Å². The van der Waals surface area contributed by atoms with Gasteiger partial charge < -0.3 is 14.9 Å². The van der Waals surface area contributed by atoms with Gasteiger partial charge in [0.05, 0.1) is 19.1 Å². The van der Waals surface area contributed by atoms with E-state index in [1.807, 2.05) is 6.92 Å². The highest BCUT2D eigenvalue weighted by molar-refractivity contribution is 5.77. The Bertz CT molecular complexity index is 308. The first-order valence-electron chi connectivity index (χ1n) is 5.35. The van der Waals surface area contributed by atoms with Gasteiger partial charge in [0.1, 0.15) is 6.10 Å². The van der Waals surface area contributed by atoms with Gasteiger partial charge in [-0.3, -0.25) is 4.79 Å². The minimum absolute atomic E-state index is 0.0303. The molecule has 3 atom stereocenters. The Hall–Kier alpha value is -0.870. The van der Waals surface area contributed by atoms with E-state index in [9.17, 15) is 9.90 Å². The predicted molar refractivity (Wildman–Crippen MR) is 53.0 cm³/mol. The van der Waals surface area contributed by atoms with Crippen LogP contribution in [0.15, 0.2) is 11.1 Å². The highest BCUT2D eigenvalue weighted by Gasteiger charge is 2.49. The van der Waals surface area contributed by atoms with Crippen molar-refractivity contribution in [1.82, 2.24) is 0 Å². The lowest BCUT2D eigenvalue weighted by Gasteiger charge is -2.14. The van der Waals surface area contributed by atoms with Crippen LogP contribution in [-0.2, 0) is 9.53 Å². The third-order valence-electron chi connectivity index (χ3n) is 3.50. The number of fused-ring (bicyclic) bond motifs is 1. The molecule has 0 saturated carbocycles. The topological polar surface area (TPSA) is 66.8 Å². The van der Waals surface area contributed by atoms with Crippen LogP contribution in [0.5, 0.6) is 0 Å². The van der Waals surface area contributed by atoms with Crippen molar-refractivity contribution >= 4 is 5.97 Å². The van der Waals surface area contributed by atoms with Crippen molar-refractivity contribution in [2.24, 2.45) is 11.8 Å². The molecule has 4 nitrogen and oxygen atoms in total.